The van der Waals surface area contributed by atoms with Gasteiger partial charge in [0.05, 0.1) is 28.2 Å². The zero-order chi connectivity index (χ0) is 23.4. The molecule has 1 aromatic heterocycles. The third-order valence-corrected chi connectivity index (χ3v) is 5.63. The molecule has 0 saturated heterocycles. The summed E-state index contributed by atoms with van der Waals surface area (Å²) < 4.78 is 11.7. The number of fused-ring (bicyclic) bond motifs is 1. The van der Waals surface area contributed by atoms with Gasteiger partial charge in [0.25, 0.3) is 0 Å². The first-order valence-electron chi connectivity index (χ1n) is 10.4. The first-order chi connectivity index (χ1) is 16.0. The van der Waals surface area contributed by atoms with E-state index in [1.54, 1.807) is 18.2 Å². The van der Waals surface area contributed by atoms with Crippen LogP contribution in [-0.4, -0.2) is 16.6 Å². The van der Waals surface area contributed by atoms with Gasteiger partial charge in [0, 0.05) is 10.6 Å². The number of imidazole rings is 1. The molecule has 3 aromatic carbocycles. The Hall–Kier alpha value is -3.46. The second-order valence-electron chi connectivity index (χ2n) is 7.42. The predicted molar refractivity (Wildman–Crippen MR) is 133 cm³/mol. The standard InChI is InChI=1S/C26H21Cl2N3O2/c1-3-32-24-13-17(12-21(28)25(24)33-15-18-6-4-5-7-20(18)27)11-19(14-29)26-30-22-9-8-16(2)10-23(22)31-26/h4-13H,3,15H2,1-2H3,(H,30,31)/b19-11-. The number of rotatable bonds is 7. The van der Waals surface area contributed by atoms with Crippen LogP contribution in [0.25, 0.3) is 22.7 Å². The monoisotopic (exact) mass is 477 g/mol. The number of benzene rings is 3. The Balaban J connectivity index is 1.67. The van der Waals surface area contributed by atoms with Crippen LogP contribution < -0.4 is 9.47 Å². The summed E-state index contributed by atoms with van der Waals surface area (Å²) in [5.41, 5.74) is 4.71. The van der Waals surface area contributed by atoms with E-state index < -0.39 is 0 Å². The molecule has 0 aliphatic rings. The number of aryl methyl sites for hydroxylation is 1. The Morgan fingerprint density at radius 3 is 2.67 bits per heavy atom. The molecule has 0 fully saturated rings. The van der Waals surface area contributed by atoms with Crippen LogP contribution in [0.1, 0.15) is 29.4 Å². The molecule has 33 heavy (non-hydrogen) atoms. The van der Waals surface area contributed by atoms with Crippen LogP contribution in [0, 0.1) is 18.3 Å². The summed E-state index contributed by atoms with van der Waals surface area (Å²) in [5, 5.41) is 10.8. The van der Waals surface area contributed by atoms with Gasteiger partial charge in [-0.1, -0.05) is 47.5 Å². The van der Waals surface area contributed by atoms with Crippen LogP contribution in [0.5, 0.6) is 11.5 Å². The number of ether oxygens (including phenoxy) is 2. The molecule has 0 atom stereocenters. The first kappa shape index (κ1) is 22.7. The fourth-order valence-corrected chi connectivity index (χ4v) is 3.87. The molecular formula is C26H21Cl2N3O2. The van der Waals surface area contributed by atoms with Gasteiger partial charge in [0.2, 0.25) is 0 Å². The Bertz CT molecular complexity index is 1390. The van der Waals surface area contributed by atoms with Gasteiger partial charge in [-0.2, -0.15) is 5.26 Å². The van der Waals surface area contributed by atoms with E-state index in [9.17, 15) is 5.26 Å². The maximum atomic E-state index is 9.77. The summed E-state index contributed by atoms with van der Waals surface area (Å²) in [6.45, 7) is 4.56. The third-order valence-electron chi connectivity index (χ3n) is 4.99. The highest BCUT2D eigenvalue weighted by Gasteiger charge is 2.15. The van der Waals surface area contributed by atoms with Crippen molar-refractivity contribution in [1.82, 2.24) is 9.97 Å². The van der Waals surface area contributed by atoms with Crippen LogP contribution in [0.4, 0.5) is 0 Å². The zero-order valence-electron chi connectivity index (χ0n) is 18.2. The van der Waals surface area contributed by atoms with Crippen LogP contribution in [-0.2, 0) is 6.61 Å². The smallest absolute Gasteiger partial charge is 0.180 e. The lowest BCUT2D eigenvalue weighted by Gasteiger charge is -2.15. The van der Waals surface area contributed by atoms with E-state index in [0.29, 0.717) is 45.1 Å². The maximum absolute atomic E-state index is 9.77. The molecule has 5 nitrogen and oxygen atoms in total. The SMILES string of the molecule is CCOc1cc(/C=C(/C#N)c2nc3ccc(C)cc3[nH]2)cc(Cl)c1OCc1ccccc1Cl. The normalized spacial score (nSPS) is 11.4. The van der Waals surface area contributed by atoms with Gasteiger partial charge >= 0.3 is 0 Å². The van der Waals surface area contributed by atoms with Crippen molar-refractivity contribution < 1.29 is 9.47 Å². The lowest BCUT2D eigenvalue weighted by molar-refractivity contribution is 0.269. The maximum Gasteiger partial charge on any atom is 0.180 e. The summed E-state index contributed by atoms with van der Waals surface area (Å²) in [6, 6.07) is 19.1. The number of nitrogens with zero attached hydrogens (tertiary/aromatic N) is 2. The largest absolute Gasteiger partial charge is 0.490 e. The average molecular weight is 478 g/mol. The highest BCUT2D eigenvalue weighted by atomic mass is 35.5. The molecule has 0 unspecified atom stereocenters. The number of H-pyrrole nitrogens is 1. The molecule has 4 rings (SSSR count). The van der Waals surface area contributed by atoms with E-state index in [2.05, 4.69) is 16.0 Å². The summed E-state index contributed by atoms with van der Waals surface area (Å²) in [6.07, 6.45) is 1.72. The van der Waals surface area contributed by atoms with Gasteiger partial charge in [0.1, 0.15) is 18.5 Å². The van der Waals surface area contributed by atoms with Crippen molar-refractivity contribution in [2.24, 2.45) is 0 Å². The van der Waals surface area contributed by atoms with Gasteiger partial charge in [-0.05, 0) is 61.4 Å². The van der Waals surface area contributed by atoms with E-state index in [4.69, 9.17) is 32.7 Å². The third kappa shape index (κ3) is 5.14. The van der Waals surface area contributed by atoms with Crippen LogP contribution in [0.3, 0.4) is 0 Å². The fourth-order valence-electron chi connectivity index (χ4n) is 3.41. The molecule has 1 heterocycles. The first-order valence-corrected chi connectivity index (χ1v) is 11.1. The Labute approximate surface area is 202 Å². The molecule has 0 spiro atoms. The number of aromatic nitrogens is 2. The van der Waals surface area contributed by atoms with Crippen molar-refractivity contribution in [1.29, 1.82) is 5.26 Å². The second-order valence-corrected chi connectivity index (χ2v) is 8.23. The molecule has 7 heteroatoms. The highest BCUT2D eigenvalue weighted by Crippen LogP contribution is 2.38. The fraction of sp³-hybridized carbons (Fsp3) is 0.154. The van der Waals surface area contributed by atoms with Crippen LogP contribution in [0.15, 0.2) is 54.6 Å². The molecule has 0 aliphatic carbocycles. The summed E-state index contributed by atoms with van der Waals surface area (Å²) >= 11 is 12.8. The molecule has 0 radical (unpaired) electrons. The molecule has 0 bridgehead atoms. The van der Waals surface area contributed by atoms with E-state index in [1.165, 1.54) is 0 Å². The molecule has 4 aromatic rings. The molecule has 0 amide bonds. The number of allylic oxidation sites excluding steroid dienone is 1. The number of hydrogen-bond donors (Lipinski definition) is 1. The van der Waals surface area contributed by atoms with Crippen molar-refractivity contribution in [3.05, 3.63) is 87.2 Å². The summed E-state index contributed by atoms with van der Waals surface area (Å²) in [4.78, 5) is 7.76. The lowest BCUT2D eigenvalue weighted by Crippen LogP contribution is -2.01. The predicted octanol–water partition coefficient (Wildman–Crippen LogP) is 7.22. The number of halogens is 2. The van der Waals surface area contributed by atoms with Crippen LogP contribution in [0.2, 0.25) is 10.0 Å². The Morgan fingerprint density at radius 2 is 1.91 bits per heavy atom. The topological polar surface area (TPSA) is 70.9 Å². The highest BCUT2D eigenvalue weighted by molar-refractivity contribution is 6.32. The summed E-state index contributed by atoms with van der Waals surface area (Å²) in [5.74, 6) is 1.40. The van der Waals surface area contributed by atoms with Crippen molar-refractivity contribution in [3.8, 4) is 17.6 Å². The van der Waals surface area contributed by atoms with Crippen LogP contribution >= 0.6 is 23.2 Å². The minimum absolute atomic E-state index is 0.247. The Morgan fingerprint density at radius 1 is 1.09 bits per heavy atom. The average Bonchev–Trinajstić information content (AvgIpc) is 3.21. The number of nitriles is 1. The van der Waals surface area contributed by atoms with E-state index in [0.717, 1.165) is 22.2 Å². The molecule has 166 valence electrons. The van der Waals surface area contributed by atoms with Gasteiger partial charge in [-0.25, -0.2) is 4.98 Å². The number of nitrogens with one attached hydrogen (secondary N) is 1. The summed E-state index contributed by atoms with van der Waals surface area (Å²) in [7, 11) is 0. The molecule has 0 aliphatic heterocycles. The van der Waals surface area contributed by atoms with Gasteiger partial charge in [-0.15, -0.1) is 0 Å². The minimum atomic E-state index is 0.247. The van der Waals surface area contributed by atoms with Crippen molar-refractivity contribution in [2.45, 2.75) is 20.5 Å². The van der Waals surface area contributed by atoms with E-state index in [1.807, 2.05) is 56.3 Å². The van der Waals surface area contributed by atoms with E-state index >= 15 is 0 Å². The van der Waals surface area contributed by atoms with E-state index in [-0.39, 0.29) is 6.61 Å². The zero-order valence-corrected chi connectivity index (χ0v) is 19.7. The van der Waals surface area contributed by atoms with Gasteiger partial charge < -0.3 is 14.5 Å². The number of hydrogen-bond acceptors (Lipinski definition) is 4. The van der Waals surface area contributed by atoms with Crippen molar-refractivity contribution >= 4 is 45.9 Å². The van der Waals surface area contributed by atoms with Crippen molar-refractivity contribution in [3.63, 3.8) is 0 Å². The van der Waals surface area contributed by atoms with Gasteiger partial charge in [-0.3, -0.25) is 0 Å². The quantitative estimate of drug-likeness (QED) is 0.285. The molecular weight excluding hydrogens is 457 g/mol. The molecule has 0 saturated carbocycles. The molecule has 1 N–H and O–H groups in total. The lowest BCUT2D eigenvalue weighted by atomic mass is 10.1. The Kier molecular flexibility index (Phi) is 6.88. The second kappa shape index (κ2) is 9.99. The number of aromatic amines is 1. The van der Waals surface area contributed by atoms with Crippen molar-refractivity contribution in [2.75, 3.05) is 6.61 Å². The minimum Gasteiger partial charge on any atom is -0.490 e. The van der Waals surface area contributed by atoms with Gasteiger partial charge in [0.15, 0.2) is 11.5 Å².